The van der Waals surface area contributed by atoms with Crippen LogP contribution in [0.5, 0.6) is 0 Å². The van der Waals surface area contributed by atoms with E-state index in [2.05, 4.69) is 265 Å². The molecule has 2 aliphatic carbocycles. The van der Waals surface area contributed by atoms with Crippen LogP contribution in [-0.4, -0.2) is 0 Å². The monoisotopic (exact) mass is 857 g/mol. The van der Waals surface area contributed by atoms with Gasteiger partial charge in [0.25, 0.3) is 0 Å². The third-order valence-electron chi connectivity index (χ3n) is 14.3. The molecule has 0 radical (unpaired) electrons. The average molecular weight is 858 g/mol. The fraction of sp³-hybridized carbons (Fsp3) is 0.0312. The molecule has 13 rings (SSSR count). The summed E-state index contributed by atoms with van der Waals surface area (Å²) >= 11 is 1.79. The van der Waals surface area contributed by atoms with Gasteiger partial charge in [0.2, 0.25) is 0 Å². The van der Waals surface area contributed by atoms with Gasteiger partial charge >= 0.3 is 0 Å². The average Bonchev–Trinajstić information content (AvgIpc) is 4.09. The molecule has 0 unspecified atom stereocenters. The number of anilines is 3. The summed E-state index contributed by atoms with van der Waals surface area (Å²) in [7, 11) is 0. The molecule has 0 N–H and O–H groups in total. The quantitative estimate of drug-likeness (QED) is 0.147. The minimum Gasteiger partial charge on any atom is -0.310 e. The van der Waals surface area contributed by atoms with E-state index in [4.69, 9.17) is 0 Å². The van der Waals surface area contributed by atoms with Crippen molar-refractivity contribution < 1.29 is 0 Å². The molecule has 66 heavy (non-hydrogen) atoms. The molecule has 11 aromatic rings. The minimum atomic E-state index is -0.475. The molecule has 0 amide bonds. The summed E-state index contributed by atoms with van der Waals surface area (Å²) in [4.78, 5) is 2.47. The number of rotatable bonds is 8. The highest BCUT2D eigenvalue weighted by Gasteiger charge is 2.48. The van der Waals surface area contributed by atoms with Crippen LogP contribution in [0, 0.1) is 0 Å². The summed E-state index contributed by atoms with van der Waals surface area (Å²) in [6.45, 7) is 0. The fourth-order valence-electron chi connectivity index (χ4n) is 11.6. The molecule has 0 saturated carbocycles. The predicted molar refractivity (Wildman–Crippen MR) is 277 cm³/mol. The van der Waals surface area contributed by atoms with E-state index >= 15 is 0 Å². The summed E-state index contributed by atoms with van der Waals surface area (Å²) in [5.74, 6) is 0. The first-order valence-corrected chi connectivity index (χ1v) is 23.7. The molecule has 310 valence electrons. The second kappa shape index (κ2) is 15.3. The summed E-state index contributed by atoms with van der Waals surface area (Å²) < 4.78 is 1.30. The first kappa shape index (κ1) is 38.4. The molecule has 0 bridgehead atoms. The summed E-state index contributed by atoms with van der Waals surface area (Å²) in [6, 6.07) is 94.8. The molecular formula is C64H43NS. The second-order valence-electron chi connectivity index (χ2n) is 17.5. The maximum Gasteiger partial charge on any atom is 0.0713 e. The van der Waals surface area contributed by atoms with Crippen molar-refractivity contribution in [2.45, 2.75) is 10.8 Å². The SMILES string of the molecule is c1ccc(C2(c3ccccc3)c3ccccc3-c3cc(N(c4ccc(-c5cccc6sccc56)cc4)c4ccc5c(c4)-c4ccccc4C5(c4ccccc4)c4ccccc4)ccc32)cc1. The highest BCUT2D eigenvalue weighted by Crippen LogP contribution is 2.59. The Labute approximate surface area is 390 Å². The summed E-state index contributed by atoms with van der Waals surface area (Å²) in [6.07, 6.45) is 0. The second-order valence-corrected chi connectivity index (χ2v) is 18.5. The Balaban J connectivity index is 1.04. The third-order valence-corrected chi connectivity index (χ3v) is 15.2. The molecule has 2 aliphatic rings. The Bertz CT molecular complexity index is 3310. The van der Waals surface area contributed by atoms with Gasteiger partial charge in [-0.05, 0) is 132 Å². The van der Waals surface area contributed by atoms with E-state index in [1.54, 1.807) is 11.3 Å². The maximum absolute atomic E-state index is 2.47. The standard InChI is InChI=1S/C64H43NS/c1-5-18-45(19-6-1)63(46-20-7-2-8-21-46)58-29-15-13-26-53(58)56-42-50(36-38-60(56)63)65(49-34-32-44(33-35-49)52-28-17-31-62-55(52)40-41-66-62)51-37-39-61-57(43-51)54-27-14-16-30-59(54)64(61,47-22-9-3-10-23-47)48-24-11-4-12-25-48/h1-43H. The summed E-state index contributed by atoms with van der Waals surface area (Å²) in [5.41, 5.74) is 20.1. The zero-order valence-electron chi connectivity index (χ0n) is 36.2. The van der Waals surface area contributed by atoms with Crippen LogP contribution in [0.3, 0.4) is 0 Å². The highest BCUT2D eigenvalue weighted by molar-refractivity contribution is 7.17. The molecule has 2 heteroatoms. The van der Waals surface area contributed by atoms with Crippen molar-refractivity contribution in [3.05, 3.63) is 305 Å². The number of hydrogen-bond acceptors (Lipinski definition) is 2. The van der Waals surface area contributed by atoms with Gasteiger partial charge in [-0.3, -0.25) is 0 Å². The van der Waals surface area contributed by atoms with Gasteiger partial charge in [-0.1, -0.05) is 206 Å². The molecule has 1 nitrogen and oxygen atoms in total. The lowest BCUT2D eigenvalue weighted by molar-refractivity contribution is 0.768. The van der Waals surface area contributed by atoms with Gasteiger partial charge in [-0.15, -0.1) is 11.3 Å². The van der Waals surface area contributed by atoms with Crippen LogP contribution in [0.4, 0.5) is 17.1 Å². The van der Waals surface area contributed by atoms with E-state index in [0.717, 1.165) is 17.1 Å². The zero-order valence-corrected chi connectivity index (χ0v) is 37.0. The third kappa shape index (κ3) is 5.59. The highest BCUT2D eigenvalue weighted by atomic mass is 32.1. The van der Waals surface area contributed by atoms with Gasteiger partial charge in [-0.25, -0.2) is 0 Å². The molecular weight excluding hydrogens is 815 g/mol. The van der Waals surface area contributed by atoms with Crippen LogP contribution in [0.2, 0.25) is 0 Å². The van der Waals surface area contributed by atoms with Gasteiger partial charge in [0.1, 0.15) is 0 Å². The fourth-order valence-corrected chi connectivity index (χ4v) is 12.4. The molecule has 0 spiro atoms. The Morgan fingerprint density at radius 2 is 0.682 bits per heavy atom. The lowest BCUT2D eigenvalue weighted by Gasteiger charge is -2.34. The Hall–Kier alpha value is -8.04. The van der Waals surface area contributed by atoms with Crippen LogP contribution in [0.1, 0.15) is 44.5 Å². The lowest BCUT2D eigenvalue weighted by atomic mass is 9.67. The molecule has 0 saturated heterocycles. The van der Waals surface area contributed by atoms with E-state index < -0.39 is 10.8 Å². The van der Waals surface area contributed by atoms with Gasteiger partial charge in [0, 0.05) is 27.1 Å². The minimum absolute atomic E-state index is 0.475. The molecule has 0 fully saturated rings. The van der Waals surface area contributed by atoms with Gasteiger partial charge in [-0.2, -0.15) is 0 Å². The topological polar surface area (TPSA) is 3.24 Å². The van der Waals surface area contributed by atoms with E-state index in [1.807, 2.05) is 0 Å². The first-order valence-electron chi connectivity index (χ1n) is 22.8. The number of benzene rings is 10. The van der Waals surface area contributed by atoms with Crippen molar-refractivity contribution >= 4 is 38.5 Å². The number of fused-ring (bicyclic) bond motifs is 7. The van der Waals surface area contributed by atoms with Crippen molar-refractivity contribution in [2.75, 3.05) is 4.90 Å². The van der Waals surface area contributed by atoms with Crippen molar-refractivity contribution in [3.8, 4) is 33.4 Å². The van der Waals surface area contributed by atoms with Crippen LogP contribution >= 0.6 is 11.3 Å². The van der Waals surface area contributed by atoms with Crippen LogP contribution in [0.25, 0.3) is 43.5 Å². The van der Waals surface area contributed by atoms with Crippen molar-refractivity contribution in [2.24, 2.45) is 0 Å². The Kier molecular flexibility index (Phi) is 8.91. The van der Waals surface area contributed by atoms with Gasteiger partial charge < -0.3 is 4.90 Å². The molecule has 0 atom stereocenters. The predicted octanol–water partition coefficient (Wildman–Crippen LogP) is 16.8. The largest absolute Gasteiger partial charge is 0.310 e. The van der Waals surface area contributed by atoms with Crippen LogP contribution in [0.15, 0.2) is 260 Å². The van der Waals surface area contributed by atoms with E-state index in [1.165, 1.54) is 88.0 Å². The van der Waals surface area contributed by atoms with Crippen molar-refractivity contribution in [1.29, 1.82) is 0 Å². The zero-order chi connectivity index (χ0) is 43.7. The van der Waals surface area contributed by atoms with Gasteiger partial charge in [0.05, 0.1) is 10.8 Å². The van der Waals surface area contributed by atoms with Crippen molar-refractivity contribution in [1.82, 2.24) is 0 Å². The Morgan fingerprint density at radius 1 is 0.288 bits per heavy atom. The van der Waals surface area contributed by atoms with Crippen LogP contribution < -0.4 is 4.90 Å². The van der Waals surface area contributed by atoms with E-state index in [9.17, 15) is 0 Å². The molecule has 0 aliphatic heterocycles. The van der Waals surface area contributed by atoms with E-state index in [0.29, 0.717) is 0 Å². The van der Waals surface area contributed by atoms with Crippen LogP contribution in [-0.2, 0) is 10.8 Å². The Morgan fingerprint density at radius 3 is 1.15 bits per heavy atom. The molecule has 1 heterocycles. The maximum atomic E-state index is 2.47. The lowest BCUT2D eigenvalue weighted by Crippen LogP contribution is -2.28. The number of hydrogen-bond donors (Lipinski definition) is 0. The normalized spacial score (nSPS) is 13.7. The van der Waals surface area contributed by atoms with E-state index in [-0.39, 0.29) is 0 Å². The first-order chi connectivity index (χ1) is 32.7. The smallest absolute Gasteiger partial charge is 0.0713 e. The number of thiophene rings is 1. The van der Waals surface area contributed by atoms with Crippen molar-refractivity contribution in [3.63, 3.8) is 0 Å². The summed E-state index contributed by atoms with van der Waals surface area (Å²) in [5, 5.41) is 3.49. The molecule has 1 aromatic heterocycles. The molecule has 10 aromatic carbocycles. The number of nitrogens with zero attached hydrogens (tertiary/aromatic N) is 1. The van der Waals surface area contributed by atoms with Gasteiger partial charge in [0.15, 0.2) is 0 Å².